The molecule has 0 bridgehead atoms. The van der Waals surface area contributed by atoms with Crippen LogP contribution in [0.1, 0.15) is 38.2 Å². The van der Waals surface area contributed by atoms with Crippen LogP contribution in [-0.4, -0.2) is 35.6 Å². The number of hydrogen-bond donors (Lipinski definition) is 1. The minimum atomic E-state index is 0.462. The van der Waals surface area contributed by atoms with Crippen LogP contribution in [0.2, 0.25) is 0 Å². The fraction of sp³-hybridized carbons (Fsp3) is 0.769. The van der Waals surface area contributed by atoms with Gasteiger partial charge in [0.2, 0.25) is 0 Å². The van der Waals surface area contributed by atoms with Gasteiger partial charge in [0.1, 0.15) is 5.01 Å². The van der Waals surface area contributed by atoms with Gasteiger partial charge in [-0.3, -0.25) is 4.90 Å². The number of rotatable bonds is 4. The van der Waals surface area contributed by atoms with Crippen molar-refractivity contribution in [3.8, 4) is 0 Å². The average Bonchev–Trinajstić information content (AvgIpc) is 2.91. The molecule has 4 heteroatoms. The van der Waals surface area contributed by atoms with Crippen molar-refractivity contribution < 1.29 is 0 Å². The largest absolute Gasteiger partial charge is 0.311 e. The molecule has 1 aromatic rings. The third-order valence-electron chi connectivity index (χ3n) is 3.92. The van der Waals surface area contributed by atoms with E-state index < -0.39 is 0 Å². The maximum atomic E-state index is 4.44. The number of hydrogen-bond acceptors (Lipinski definition) is 4. The van der Waals surface area contributed by atoms with E-state index in [9.17, 15) is 0 Å². The number of nitrogens with one attached hydrogen (secondary N) is 1. The minimum Gasteiger partial charge on any atom is -0.311 e. The second kappa shape index (κ2) is 5.94. The second-order valence-corrected chi connectivity index (χ2v) is 5.91. The van der Waals surface area contributed by atoms with Crippen molar-refractivity contribution >= 4 is 11.3 Å². The Morgan fingerprint density at radius 3 is 3.06 bits per heavy atom. The number of aromatic nitrogens is 1. The molecule has 0 saturated carbocycles. The first-order valence-electron chi connectivity index (χ1n) is 6.59. The molecule has 1 aliphatic heterocycles. The van der Waals surface area contributed by atoms with Crippen LogP contribution in [0.5, 0.6) is 0 Å². The Bertz CT molecular complexity index is 325. The van der Waals surface area contributed by atoms with Crippen molar-refractivity contribution in [3.05, 3.63) is 16.6 Å². The molecule has 0 amide bonds. The summed E-state index contributed by atoms with van der Waals surface area (Å²) in [5.74, 6) is 0.751. The van der Waals surface area contributed by atoms with E-state index in [-0.39, 0.29) is 0 Å². The summed E-state index contributed by atoms with van der Waals surface area (Å²) < 4.78 is 0. The highest BCUT2D eigenvalue weighted by Gasteiger charge is 2.27. The normalized spacial score (nSPS) is 25.7. The van der Waals surface area contributed by atoms with Crippen LogP contribution in [0.3, 0.4) is 0 Å². The van der Waals surface area contributed by atoms with Crippen LogP contribution in [0.25, 0.3) is 0 Å². The highest BCUT2D eigenvalue weighted by molar-refractivity contribution is 7.09. The smallest absolute Gasteiger partial charge is 0.109 e. The SMILES string of the molecule is CCC(C)C1CN(C(C)c2nccs2)CCN1. The quantitative estimate of drug-likeness (QED) is 0.894. The monoisotopic (exact) mass is 253 g/mol. The Morgan fingerprint density at radius 2 is 2.41 bits per heavy atom. The van der Waals surface area contributed by atoms with E-state index in [4.69, 9.17) is 0 Å². The summed E-state index contributed by atoms with van der Waals surface area (Å²) in [6, 6.07) is 1.10. The first-order valence-corrected chi connectivity index (χ1v) is 7.47. The van der Waals surface area contributed by atoms with Gasteiger partial charge in [-0.25, -0.2) is 4.98 Å². The van der Waals surface area contributed by atoms with Crippen LogP contribution in [0.15, 0.2) is 11.6 Å². The van der Waals surface area contributed by atoms with Crippen LogP contribution in [-0.2, 0) is 0 Å². The molecule has 17 heavy (non-hydrogen) atoms. The highest BCUT2D eigenvalue weighted by atomic mass is 32.1. The molecule has 2 heterocycles. The van der Waals surface area contributed by atoms with Crippen molar-refractivity contribution in [1.82, 2.24) is 15.2 Å². The standard InChI is InChI=1S/C13H23N3S/c1-4-10(2)12-9-16(7-5-14-12)11(3)13-15-6-8-17-13/h6,8,10-12,14H,4-5,7,9H2,1-3H3. The molecule has 96 valence electrons. The van der Waals surface area contributed by atoms with Gasteiger partial charge < -0.3 is 5.32 Å². The molecular weight excluding hydrogens is 230 g/mol. The van der Waals surface area contributed by atoms with E-state index in [1.165, 1.54) is 11.4 Å². The summed E-state index contributed by atoms with van der Waals surface area (Å²) in [6.07, 6.45) is 3.15. The first-order chi connectivity index (χ1) is 8.22. The van der Waals surface area contributed by atoms with E-state index in [1.807, 2.05) is 6.20 Å². The zero-order valence-electron chi connectivity index (χ0n) is 11.0. The maximum absolute atomic E-state index is 4.44. The van der Waals surface area contributed by atoms with Gasteiger partial charge in [-0.2, -0.15) is 0 Å². The zero-order valence-corrected chi connectivity index (χ0v) is 11.8. The Kier molecular flexibility index (Phi) is 4.54. The fourth-order valence-electron chi connectivity index (χ4n) is 2.42. The molecule has 3 unspecified atom stereocenters. The summed E-state index contributed by atoms with van der Waals surface area (Å²) in [5.41, 5.74) is 0. The van der Waals surface area contributed by atoms with Crippen LogP contribution in [0.4, 0.5) is 0 Å². The van der Waals surface area contributed by atoms with Crippen molar-refractivity contribution in [2.24, 2.45) is 5.92 Å². The molecule has 1 aliphatic rings. The number of thiazole rings is 1. The number of nitrogens with zero attached hydrogens (tertiary/aromatic N) is 2. The predicted molar refractivity (Wildman–Crippen MR) is 73.3 cm³/mol. The van der Waals surface area contributed by atoms with Gasteiger partial charge in [-0.05, 0) is 12.8 Å². The third-order valence-corrected chi connectivity index (χ3v) is 4.87. The van der Waals surface area contributed by atoms with E-state index >= 15 is 0 Å². The summed E-state index contributed by atoms with van der Waals surface area (Å²) in [5, 5.41) is 6.96. The molecule has 3 nitrogen and oxygen atoms in total. The van der Waals surface area contributed by atoms with E-state index in [2.05, 4.69) is 41.4 Å². The average molecular weight is 253 g/mol. The molecular formula is C13H23N3S. The summed E-state index contributed by atoms with van der Waals surface area (Å²) in [6.45, 7) is 10.3. The molecule has 0 spiro atoms. The summed E-state index contributed by atoms with van der Waals surface area (Å²) in [7, 11) is 0. The van der Waals surface area contributed by atoms with Crippen molar-refractivity contribution in [3.63, 3.8) is 0 Å². The van der Waals surface area contributed by atoms with Gasteiger partial charge in [-0.15, -0.1) is 11.3 Å². The molecule has 2 rings (SSSR count). The maximum Gasteiger partial charge on any atom is 0.109 e. The first kappa shape index (κ1) is 13.0. The van der Waals surface area contributed by atoms with Gasteiger partial charge >= 0.3 is 0 Å². The van der Waals surface area contributed by atoms with Gasteiger partial charge in [0.25, 0.3) is 0 Å². The lowest BCUT2D eigenvalue weighted by Crippen LogP contribution is -2.53. The Hall–Kier alpha value is -0.450. The third kappa shape index (κ3) is 3.06. The lowest BCUT2D eigenvalue weighted by Gasteiger charge is -2.39. The predicted octanol–water partition coefficient (Wildman–Crippen LogP) is 2.52. The minimum absolute atomic E-state index is 0.462. The van der Waals surface area contributed by atoms with Crippen molar-refractivity contribution in [2.75, 3.05) is 19.6 Å². The highest BCUT2D eigenvalue weighted by Crippen LogP contribution is 2.24. The molecule has 1 aromatic heterocycles. The Balaban J connectivity index is 1.97. The summed E-state index contributed by atoms with van der Waals surface area (Å²) in [4.78, 5) is 7.00. The van der Waals surface area contributed by atoms with E-state index in [1.54, 1.807) is 11.3 Å². The molecule has 0 aromatic carbocycles. The van der Waals surface area contributed by atoms with Gasteiger partial charge in [0.05, 0.1) is 6.04 Å². The zero-order chi connectivity index (χ0) is 12.3. The van der Waals surface area contributed by atoms with Crippen LogP contribution in [0, 0.1) is 5.92 Å². The Labute approximate surface area is 108 Å². The van der Waals surface area contributed by atoms with Crippen LogP contribution < -0.4 is 5.32 Å². The van der Waals surface area contributed by atoms with E-state index in [0.717, 1.165) is 25.6 Å². The van der Waals surface area contributed by atoms with Gasteiger partial charge in [-0.1, -0.05) is 20.3 Å². The van der Waals surface area contributed by atoms with Gasteiger partial charge in [0.15, 0.2) is 0 Å². The molecule has 1 fully saturated rings. The van der Waals surface area contributed by atoms with Crippen molar-refractivity contribution in [1.29, 1.82) is 0 Å². The molecule has 1 N–H and O–H groups in total. The summed E-state index contributed by atoms with van der Waals surface area (Å²) >= 11 is 1.77. The molecule has 0 aliphatic carbocycles. The lowest BCUT2D eigenvalue weighted by molar-refractivity contribution is 0.130. The molecule has 3 atom stereocenters. The molecule has 0 radical (unpaired) electrons. The van der Waals surface area contributed by atoms with Crippen LogP contribution >= 0.6 is 11.3 Å². The van der Waals surface area contributed by atoms with Gasteiger partial charge in [0, 0.05) is 37.3 Å². The molecule has 1 saturated heterocycles. The fourth-order valence-corrected chi connectivity index (χ4v) is 3.15. The second-order valence-electron chi connectivity index (χ2n) is 4.99. The topological polar surface area (TPSA) is 28.2 Å². The van der Waals surface area contributed by atoms with Crippen molar-refractivity contribution in [2.45, 2.75) is 39.3 Å². The van der Waals surface area contributed by atoms with E-state index in [0.29, 0.717) is 12.1 Å². The Morgan fingerprint density at radius 1 is 1.59 bits per heavy atom. The lowest BCUT2D eigenvalue weighted by atomic mass is 9.96. The number of piperazine rings is 1.